The summed E-state index contributed by atoms with van der Waals surface area (Å²) >= 11 is 0. The fraction of sp³-hybridized carbons (Fsp3) is 0.214. The first-order valence-electron chi connectivity index (χ1n) is 13.4. The van der Waals surface area contributed by atoms with E-state index in [1.165, 1.54) is 17.7 Å². The summed E-state index contributed by atoms with van der Waals surface area (Å²) in [5.74, 6) is -0.470. The van der Waals surface area contributed by atoms with Crippen LogP contribution >= 0.6 is 0 Å². The van der Waals surface area contributed by atoms with Gasteiger partial charge in [0, 0.05) is 36.4 Å². The molecule has 3 atom stereocenters. The van der Waals surface area contributed by atoms with Gasteiger partial charge in [-0.15, -0.1) is 0 Å². The lowest BCUT2D eigenvalue weighted by Crippen LogP contribution is -2.33. The second kappa shape index (κ2) is 12.4. The van der Waals surface area contributed by atoms with Gasteiger partial charge in [0.1, 0.15) is 11.4 Å². The Hall–Kier alpha value is -6.06. The molecule has 0 fully saturated rings. The third-order valence-corrected chi connectivity index (χ3v) is 7.68. The molecule has 0 spiro atoms. The molecule has 2 N–H and O–H groups in total. The minimum atomic E-state index is -0.738. The van der Waals surface area contributed by atoms with Crippen LogP contribution in [0.25, 0.3) is 5.57 Å². The van der Waals surface area contributed by atoms with Gasteiger partial charge in [-0.05, 0) is 54.0 Å². The molecule has 0 aromatic heterocycles. The molecule has 2 aliphatic carbocycles. The summed E-state index contributed by atoms with van der Waals surface area (Å²) in [6, 6.07) is 14.5. The summed E-state index contributed by atoms with van der Waals surface area (Å²) in [6.45, 7) is 0. The van der Waals surface area contributed by atoms with Crippen molar-refractivity contribution in [3.63, 3.8) is 0 Å². The zero-order valence-corrected chi connectivity index (χ0v) is 22.8. The summed E-state index contributed by atoms with van der Waals surface area (Å²) in [4.78, 5) is 42.3. The Bertz CT molecular complexity index is 1760. The largest absolute Gasteiger partial charge is 0.301 e. The highest BCUT2D eigenvalue weighted by Gasteiger charge is 2.36. The lowest BCUT2D eigenvalue weighted by molar-refractivity contribution is -0.393. The van der Waals surface area contributed by atoms with Gasteiger partial charge >= 0.3 is 11.4 Å². The number of fused-ring (bicyclic) bond motifs is 3. The van der Waals surface area contributed by atoms with Gasteiger partial charge in [-0.2, -0.15) is 10.2 Å². The van der Waals surface area contributed by atoms with Crippen molar-refractivity contribution >= 4 is 52.1 Å². The molecule has 0 saturated heterocycles. The molecule has 44 heavy (non-hydrogen) atoms. The van der Waals surface area contributed by atoms with Crippen LogP contribution in [0.4, 0.5) is 34.1 Å². The van der Waals surface area contributed by atoms with Crippen LogP contribution in [0, 0.1) is 58.2 Å². The maximum Gasteiger partial charge on any atom is 0.301 e. The molecule has 0 radical (unpaired) electrons. The fourth-order valence-electron chi connectivity index (χ4n) is 5.59. The molecule has 0 amide bonds. The predicted molar refractivity (Wildman–Crippen MR) is 162 cm³/mol. The molecule has 0 heterocycles. The molecule has 16 nitrogen and oxygen atoms in total. The van der Waals surface area contributed by atoms with Gasteiger partial charge in [0.15, 0.2) is 0 Å². The van der Waals surface area contributed by atoms with Crippen LogP contribution < -0.4 is 10.9 Å². The Labute approximate surface area is 248 Å². The van der Waals surface area contributed by atoms with Crippen LogP contribution in [-0.2, 0) is 6.42 Å². The maximum absolute atomic E-state index is 11.6. The van der Waals surface area contributed by atoms with E-state index in [-0.39, 0.29) is 29.1 Å². The van der Waals surface area contributed by atoms with Gasteiger partial charge in [0.25, 0.3) is 11.4 Å². The summed E-state index contributed by atoms with van der Waals surface area (Å²) in [6.07, 6.45) is 7.53. The summed E-state index contributed by atoms with van der Waals surface area (Å²) in [7, 11) is 0. The topological polar surface area (TPSA) is 221 Å². The van der Waals surface area contributed by atoms with Crippen LogP contribution in [0.5, 0.6) is 0 Å². The molecule has 3 aromatic carbocycles. The van der Waals surface area contributed by atoms with E-state index in [1.54, 1.807) is 12.4 Å². The van der Waals surface area contributed by atoms with Crippen LogP contribution in [0.15, 0.2) is 76.9 Å². The first kappa shape index (κ1) is 29.4. The van der Waals surface area contributed by atoms with E-state index >= 15 is 0 Å². The standard InChI is InChI=1S/C28H24N8O8/c37-33(38)19-7-11-25(27(13-19)35(41)42)31-29-15-18-6-10-22-21-4-2-1-3-17(21)5-9-23(22)24(18)16-30-32-26-12-8-20(34(39)40)14-28(26)36(43)44/h1-4,7-8,10-16,18,23-24,31-32H,5-6,9H2/b29-15-,30-16-. The molecule has 224 valence electrons. The number of hydrogen-bond acceptors (Lipinski definition) is 12. The van der Waals surface area contributed by atoms with E-state index in [2.05, 4.69) is 39.3 Å². The van der Waals surface area contributed by atoms with E-state index in [9.17, 15) is 40.5 Å². The Morgan fingerprint density at radius 3 is 1.86 bits per heavy atom. The number of nitro groups is 4. The Morgan fingerprint density at radius 2 is 1.30 bits per heavy atom. The van der Waals surface area contributed by atoms with Crippen molar-refractivity contribution in [2.24, 2.45) is 28.0 Å². The first-order chi connectivity index (χ1) is 21.1. The lowest BCUT2D eigenvalue weighted by atomic mass is 9.66. The van der Waals surface area contributed by atoms with E-state index in [4.69, 9.17) is 0 Å². The van der Waals surface area contributed by atoms with Crippen LogP contribution in [0.3, 0.4) is 0 Å². The summed E-state index contributed by atoms with van der Waals surface area (Å²) in [5.41, 5.74) is 6.90. The molecule has 3 unspecified atom stereocenters. The molecule has 2 aliphatic rings. The van der Waals surface area contributed by atoms with Gasteiger partial charge in [0.2, 0.25) is 0 Å². The van der Waals surface area contributed by atoms with Crippen molar-refractivity contribution in [1.29, 1.82) is 0 Å². The van der Waals surface area contributed by atoms with Gasteiger partial charge in [0.05, 0.1) is 31.8 Å². The minimum absolute atomic E-state index is 0.0150. The molecule has 5 rings (SSSR count). The number of rotatable bonds is 10. The smallest absolute Gasteiger partial charge is 0.272 e. The molecular formula is C28H24N8O8. The Balaban J connectivity index is 1.43. The van der Waals surface area contributed by atoms with Crippen molar-refractivity contribution in [1.82, 2.24) is 0 Å². The first-order valence-corrected chi connectivity index (χ1v) is 13.4. The summed E-state index contributed by atoms with van der Waals surface area (Å²) < 4.78 is 0. The minimum Gasteiger partial charge on any atom is -0.272 e. The monoisotopic (exact) mass is 600 g/mol. The number of nitro benzene ring substituents is 4. The highest BCUT2D eigenvalue weighted by molar-refractivity contribution is 5.82. The highest BCUT2D eigenvalue weighted by Crippen LogP contribution is 2.45. The van der Waals surface area contributed by atoms with Crippen molar-refractivity contribution in [2.45, 2.75) is 19.3 Å². The average molecular weight is 601 g/mol. The van der Waals surface area contributed by atoms with Crippen LogP contribution in [0.1, 0.15) is 24.0 Å². The van der Waals surface area contributed by atoms with E-state index in [0.29, 0.717) is 6.42 Å². The maximum atomic E-state index is 11.6. The third kappa shape index (κ3) is 6.08. The number of anilines is 2. The van der Waals surface area contributed by atoms with Crippen molar-refractivity contribution in [3.8, 4) is 0 Å². The number of hydrazone groups is 2. The fourth-order valence-corrected chi connectivity index (χ4v) is 5.59. The zero-order valence-electron chi connectivity index (χ0n) is 22.8. The van der Waals surface area contributed by atoms with E-state index < -0.39 is 42.4 Å². The predicted octanol–water partition coefficient (Wildman–Crippen LogP) is 6.10. The molecule has 0 bridgehead atoms. The number of hydrogen-bond donors (Lipinski definition) is 2. The van der Waals surface area contributed by atoms with Gasteiger partial charge in [-0.3, -0.25) is 51.3 Å². The van der Waals surface area contributed by atoms with E-state index in [0.717, 1.165) is 48.2 Å². The van der Waals surface area contributed by atoms with Crippen LogP contribution in [-0.4, -0.2) is 32.1 Å². The third-order valence-electron chi connectivity index (χ3n) is 7.68. The van der Waals surface area contributed by atoms with E-state index in [1.807, 2.05) is 12.1 Å². The molecule has 0 saturated carbocycles. The second-order valence-electron chi connectivity index (χ2n) is 10.1. The molecule has 0 aliphatic heterocycles. The summed E-state index contributed by atoms with van der Waals surface area (Å²) in [5, 5.41) is 53.7. The van der Waals surface area contributed by atoms with Crippen LogP contribution in [0.2, 0.25) is 0 Å². The zero-order chi connectivity index (χ0) is 31.4. The lowest BCUT2D eigenvalue weighted by Gasteiger charge is -2.38. The number of nitrogens with one attached hydrogen (secondary N) is 2. The SMILES string of the molecule is O=[N+]([O-])c1ccc(N/N=C\C2CC=C3c4ccccc4CCC3C2/C=N\Nc2ccc([N+](=O)[O-])cc2[N+](=O)[O-])c([N+](=O)[O-])c1. The quantitative estimate of drug-likeness (QED) is 0.155. The number of aryl methyl sites for hydroxylation is 1. The Morgan fingerprint density at radius 1 is 0.727 bits per heavy atom. The Kier molecular flexibility index (Phi) is 8.32. The molecule has 3 aromatic rings. The van der Waals surface area contributed by atoms with Gasteiger partial charge < -0.3 is 0 Å². The number of benzene rings is 3. The van der Waals surface area contributed by atoms with Crippen molar-refractivity contribution in [3.05, 3.63) is 118 Å². The average Bonchev–Trinajstić information content (AvgIpc) is 3.01. The number of non-ortho nitro benzene ring substituents is 2. The van der Waals surface area contributed by atoms with Gasteiger partial charge in [-0.1, -0.05) is 30.3 Å². The normalized spacial score (nSPS) is 19.1. The highest BCUT2D eigenvalue weighted by atomic mass is 16.6. The van der Waals surface area contributed by atoms with Crippen molar-refractivity contribution < 1.29 is 19.7 Å². The molecular weight excluding hydrogens is 576 g/mol. The van der Waals surface area contributed by atoms with Gasteiger partial charge in [-0.25, -0.2) is 0 Å². The number of allylic oxidation sites excluding steroid dienone is 2. The molecule has 16 heteroatoms. The number of nitrogens with zero attached hydrogens (tertiary/aromatic N) is 6. The second-order valence-corrected chi connectivity index (χ2v) is 10.1. The van der Waals surface area contributed by atoms with Crippen molar-refractivity contribution in [2.75, 3.05) is 10.9 Å².